The summed E-state index contributed by atoms with van der Waals surface area (Å²) in [5, 5.41) is 9.65. The minimum atomic E-state index is -1.14. The maximum atomic E-state index is 14.3. The van der Waals surface area contributed by atoms with Gasteiger partial charge in [-0.15, -0.1) is 0 Å². The van der Waals surface area contributed by atoms with Crippen LogP contribution in [0.2, 0.25) is 0 Å². The lowest BCUT2D eigenvalue weighted by atomic mass is 9.96. The van der Waals surface area contributed by atoms with Crippen molar-refractivity contribution in [1.82, 2.24) is 4.98 Å². The molecule has 3 rings (SSSR count). The monoisotopic (exact) mass is 367 g/mol. The van der Waals surface area contributed by atoms with Gasteiger partial charge in [0.05, 0.1) is 11.3 Å². The zero-order chi connectivity index (χ0) is 19.4. The average molecular weight is 367 g/mol. The van der Waals surface area contributed by atoms with Gasteiger partial charge in [-0.05, 0) is 36.2 Å². The van der Waals surface area contributed by atoms with Gasteiger partial charge < -0.3 is 5.11 Å². The molecule has 138 valence electrons. The molecule has 3 nitrogen and oxygen atoms in total. The Kier molecular flexibility index (Phi) is 5.60. The summed E-state index contributed by atoms with van der Waals surface area (Å²) in [6, 6.07) is 13.7. The van der Waals surface area contributed by atoms with Gasteiger partial charge in [0.2, 0.25) is 0 Å². The normalized spacial score (nSPS) is 10.8. The van der Waals surface area contributed by atoms with E-state index in [4.69, 9.17) is 0 Å². The van der Waals surface area contributed by atoms with E-state index in [1.54, 1.807) is 30.3 Å². The number of rotatable bonds is 6. The Hall–Kier alpha value is -3.08. The topological polar surface area (TPSA) is 50.2 Å². The first-order valence-electron chi connectivity index (χ1n) is 8.75. The van der Waals surface area contributed by atoms with Gasteiger partial charge in [0.25, 0.3) is 0 Å². The van der Waals surface area contributed by atoms with Crippen LogP contribution in [0.5, 0.6) is 0 Å². The van der Waals surface area contributed by atoms with Crippen LogP contribution in [0.4, 0.5) is 8.78 Å². The van der Waals surface area contributed by atoms with E-state index in [2.05, 4.69) is 4.98 Å². The summed E-state index contributed by atoms with van der Waals surface area (Å²) in [7, 11) is 0. The van der Waals surface area contributed by atoms with E-state index in [0.29, 0.717) is 34.5 Å². The molecular formula is C22H19F2NO2. The van der Waals surface area contributed by atoms with E-state index in [0.717, 1.165) is 6.42 Å². The van der Waals surface area contributed by atoms with Crippen LogP contribution < -0.4 is 0 Å². The van der Waals surface area contributed by atoms with E-state index in [1.165, 1.54) is 24.3 Å². The highest BCUT2D eigenvalue weighted by Gasteiger charge is 2.19. The third-order valence-electron chi connectivity index (χ3n) is 4.32. The van der Waals surface area contributed by atoms with Gasteiger partial charge >= 0.3 is 5.97 Å². The van der Waals surface area contributed by atoms with Crippen molar-refractivity contribution in [3.05, 3.63) is 88.7 Å². The second-order valence-electron chi connectivity index (χ2n) is 6.32. The fourth-order valence-corrected chi connectivity index (χ4v) is 3.09. The van der Waals surface area contributed by atoms with Gasteiger partial charge in [-0.1, -0.05) is 43.7 Å². The summed E-state index contributed by atoms with van der Waals surface area (Å²) in [6.45, 7) is 1.98. The highest BCUT2D eigenvalue weighted by Crippen LogP contribution is 2.29. The molecule has 0 saturated carbocycles. The molecule has 0 aliphatic heterocycles. The largest absolute Gasteiger partial charge is 0.478 e. The fourth-order valence-electron chi connectivity index (χ4n) is 3.09. The number of halogens is 2. The first-order valence-corrected chi connectivity index (χ1v) is 8.75. The van der Waals surface area contributed by atoms with E-state index in [9.17, 15) is 18.7 Å². The number of carboxylic acid groups (broad SMARTS) is 1. The average Bonchev–Trinajstić information content (AvgIpc) is 2.63. The molecule has 27 heavy (non-hydrogen) atoms. The maximum Gasteiger partial charge on any atom is 0.337 e. The third-order valence-corrected chi connectivity index (χ3v) is 4.32. The molecule has 0 amide bonds. The molecule has 2 aromatic carbocycles. The van der Waals surface area contributed by atoms with Crippen molar-refractivity contribution in [3.8, 4) is 11.1 Å². The van der Waals surface area contributed by atoms with Crippen molar-refractivity contribution in [2.45, 2.75) is 26.2 Å². The van der Waals surface area contributed by atoms with Crippen molar-refractivity contribution in [2.75, 3.05) is 0 Å². The second kappa shape index (κ2) is 8.08. The molecule has 1 N–H and O–H groups in total. The first-order chi connectivity index (χ1) is 13.0. The smallest absolute Gasteiger partial charge is 0.337 e. The lowest BCUT2D eigenvalue weighted by molar-refractivity contribution is 0.0695. The van der Waals surface area contributed by atoms with Crippen LogP contribution in [-0.4, -0.2) is 16.1 Å². The summed E-state index contributed by atoms with van der Waals surface area (Å²) >= 11 is 0. The number of aromatic carboxylic acids is 1. The van der Waals surface area contributed by atoms with E-state index in [1.807, 2.05) is 6.92 Å². The number of pyridine rings is 1. The Morgan fingerprint density at radius 2 is 1.78 bits per heavy atom. The minimum absolute atomic E-state index is 0.00244. The standard InChI is InChI=1S/C22H19F2NO2/c1-2-6-20-17(16-9-3-4-10-19(16)24)13-18(22(26)27)21(25-20)12-14-7-5-8-15(23)11-14/h3-5,7-11,13H,2,6,12H2,1H3,(H,26,27). The zero-order valence-corrected chi connectivity index (χ0v) is 14.9. The molecule has 0 spiro atoms. The quantitative estimate of drug-likeness (QED) is 0.646. The Morgan fingerprint density at radius 3 is 2.44 bits per heavy atom. The number of benzene rings is 2. The molecule has 0 atom stereocenters. The lowest BCUT2D eigenvalue weighted by Gasteiger charge is -2.14. The van der Waals surface area contributed by atoms with Crippen LogP contribution in [0.15, 0.2) is 54.6 Å². The van der Waals surface area contributed by atoms with Gasteiger partial charge in [0, 0.05) is 23.2 Å². The Morgan fingerprint density at radius 1 is 1.00 bits per heavy atom. The summed E-state index contributed by atoms with van der Waals surface area (Å²) in [6.07, 6.45) is 1.55. The Bertz CT molecular complexity index is 986. The predicted molar refractivity (Wildman–Crippen MR) is 99.8 cm³/mol. The third kappa shape index (κ3) is 4.19. The number of aryl methyl sites for hydroxylation is 1. The summed E-state index contributed by atoms with van der Waals surface area (Å²) in [5.41, 5.74) is 2.42. The predicted octanol–water partition coefficient (Wildman–Crippen LogP) is 5.27. The first kappa shape index (κ1) is 18.7. The summed E-state index contributed by atoms with van der Waals surface area (Å²) in [5.74, 6) is -1.96. The van der Waals surface area contributed by atoms with Gasteiger partial charge in [0.1, 0.15) is 11.6 Å². The molecule has 0 saturated heterocycles. The molecule has 0 unspecified atom stereocenters. The number of hydrogen-bond acceptors (Lipinski definition) is 2. The molecule has 5 heteroatoms. The highest BCUT2D eigenvalue weighted by atomic mass is 19.1. The van der Waals surface area contributed by atoms with Crippen LogP contribution >= 0.6 is 0 Å². The maximum absolute atomic E-state index is 14.3. The number of hydrogen-bond donors (Lipinski definition) is 1. The van der Waals surface area contributed by atoms with Crippen molar-refractivity contribution in [2.24, 2.45) is 0 Å². The zero-order valence-electron chi connectivity index (χ0n) is 14.9. The minimum Gasteiger partial charge on any atom is -0.478 e. The van der Waals surface area contributed by atoms with Crippen LogP contribution in [0.3, 0.4) is 0 Å². The lowest BCUT2D eigenvalue weighted by Crippen LogP contribution is -2.10. The molecule has 1 aromatic heterocycles. The highest BCUT2D eigenvalue weighted by molar-refractivity contribution is 5.91. The van der Waals surface area contributed by atoms with Gasteiger partial charge in [-0.2, -0.15) is 0 Å². The second-order valence-corrected chi connectivity index (χ2v) is 6.32. The fraction of sp³-hybridized carbons (Fsp3) is 0.182. The van der Waals surface area contributed by atoms with E-state index < -0.39 is 11.8 Å². The number of carboxylic acids is 1. The van der Waals surface area contributed by atoms with Crippen LogP contribution in [0.1, 0.15) is 40.7 Å². The summed E-state index contributed by atoms with van der Waals surface area (Å²) < 4.78 is 27.8. The number of carbonyl (C=O) groups is 1. The van der Waals surface area contributed by atoms with Gasteiger partial charge in [-0.3, -0.25) is 4.98 Å². The van der Waals surface area contributed by atoms with Gasteiger partial charge in [-0.25, -0.2) is 13.6 Å². The van der Waals surface area contributed by atoms with Crippen LogP contribution in [0, 0.1) is 11.6 Å². The molecule has 0 aliphatic carbocycles. The Balaban J connectivity index is 2.15. The van der Waals surface area contributed by atoms with Crippen LogP contribution in [0.25, 0.3) is 11.1 Å². The summed E-state index contributed by atoms with van der Waals surface area (Å²) in [4.78, 5) is 16.4. The SMILES string of the molecule is CCCc1nc(Cc2cccc(F)c2)c(C(=O)O)cc1-c1ccccc1F. The van der Waals surface area contributed by atoms with Crippen molar-refractivity contribution in [3.63, 3.8) is 0 Å². The van der Waals surface area contributed by atoms with Crippen molar-refractivity contribution in [1.29, 1.82) is 0 Å². The number of nitrogens with zero attached hydrogens (tertiary/aromatic N) is 1. The van der Waals surface area contributed by atoms with Crippen molar-refractivity contribution >= 4 is 5.97 Å². The molecule has 0 bridgehead atoms. The van der Waals surface area contributed by atoms with Gasteiger partial charge in [0.15, 0.2) is 0 Å². The molecule has 0 radical (unpaired) electrons. The van der Waals surface area contributed by atoms with Crippen LogP contribution in [-0.2, 0) is 12.8 Å². The molecule has 1 heterocycles. The molecule has 3 aromatic rings. The van der Waals surface area contributed by atoms with Crippen molar-refractivity contribution < 1.29 is 18.7 Å². The molecule has 0 aliphatic rings. The molecule has 0 fully saturated rings. The van der Waals surface area contributed by atoms with E-state index in [-0.39, 0.29) is 17.8 Å². The molecular weight excluding hydrogens is 348 g/mol. The number of aromatic nitrogens is 1. The Labute approximate surface area is 156 Å². The van der Waals surface area contributed by atoms with E-state index >= 15 is 0 Å².